The number of H-pyrrole nitrogens is 1. The van der Waals surface area contributed by atoms with Crippen molar-refractivity contribution in [1.82, 2.24) is 20.1 Å². The number of benzene rings is 1. The lowest BCUT2D eigenvalue weighted by Gasteiger charge is -2.14. The van der Waals surface area contributed by atoms with Crippen LogP contribution in [0.5, 0.6) is 0 Å². The second kappa shape index (κ2) is 6.08. The summed E-state index contributed by atoms with van der Waals surface area (Å²) in [5, 5.41) is 10.5. The maximum absolute atomic E-state index is 11.6. The summed E-state index contributed by atoms with van der Waals surface area (Å²) in [5.41, 5.74) is 1.04. The molecular formula is C13H18N4OS. The summed E-state index contributed by atoms with van der Waals surface area (Å²) in [6, 6.07) is 8.40. The fourth-order valence-corrected chi connectivity index (χ4v) is 2.96. The fourth-order valence-electron chi connectivity index (χ4n) is 1.85. The van der Waals surface area contributed by atoms with Gasteiger partial charge in [-0.3, -0.25) is 4.57 Å². The van der Waals surface area contributed by atoms with Gasteiger partial charge in [0.05, 0.1) is 0 Å². The highest BCUT2D eigenvalue weighted by molar-refractivity contribution is 7.99. The summed E-state index contributed by atoms with van der Waals surface area (Å²) in [6.45, 7) is 4.65. The van der Waals surface area contributed by atoms with Crippen LogP contribution in [-0.2, 0) is 6.54 Å². The quantitative estimate of drug-likeness (QED) is 0.878. The zero-order chi connectivity index (χ0) is 13.8. The van der Waals surface area contributed by atoms with Crippen molar-refractivity contribution < 1.29 is 0 Å². The molecule has 0 aliphatic carbocycles. The molecule has 1 aromatic carbocycles. The molecule has 2 N–H and O–H groups in total. The van der Waals surface area contributed by atoms with E-state index in [9.17, 15) is 4.79 Å². The fraction of sp³-hybridized carbons (Fsp3) is 0.385. The third-order valence-corrected chi connectivity index (χ3v) is 4.15. The Hall–Kier alpha value is -1.53. The zero-order valence-electron chi connectivity index (χ0n) is 11.3. The Labute approximate surface area is 116 Å². The van der Waals surface area contributed by atoms with Gasteiger partial charge in [-0.25, -0.2) is 9.89 Å². The van der Waals surface area contributed by atoms with Crippen LogP contribution in [0.2, 0.25) is 0 Å². The van der Waals surface area contributed by atoms with E-state index in [1.165, 1.54) is 17.3 Å². The van der Waals surface area contributed by atoms with Crippen molar-refractivity contribution in [3.8, 4) is 0 Å². The van der Waals surface area contributed by atoms with Gasteiger partial charge >= 0.3 is 5.69 Å². The number of aromatic amines is 1. The van der Waals surface area contributed by atoms with E-state index in [1.54, 1.807) is 4.57 Å². The maximum Gasteiger partial charge on any atom is 0.343 e. The van der Waals surface area contributed by atoms with Crippen molar-refractivity contribution in [2.75, 3.05) is 7.05 Å². The molecule has 0 aliphatic rings. The van der Waals surface area contributed by atoms with Crippen LogP contribution in [0.4, 0.5) is 0 Å². The summed E-state index contributed by atoms with van der Waals surface area (Å²) in [4.78, 5) is 12.7. The molecule has 0 saturated carbocycles. The van der Waals surface area contributed by atoms with Crippen LogP contribution in [0.25, 0.3) is 0 Å². The van der Waals surface area contributed by atoms with E-state index in [1.807, 2.05) is 32.2 Å². The average Bonchev–Trinajstić information content (AvgIpc) is 2.79. The van der Waals surface area contributed by atoms with Crippen molar-refractivity contribution in [3.05, 3.63) is 40.3 Å². The number of nitrogens with zero attached hydrogens (tertiary/aromatic N) is 2. The molecule has 0 amide bonds. The normalized spacial score (nSPS) is 12.6. The van der Waals surface area contributed by atoms with Crippen LogP contribution >= 0.6 is 11.8 Å². The van der Waals surface area contributed by atoms with Crippen LogP contribution in [0.15, 0.2) is 39.1 Å². The van der Waals surface area contributed by atoms with Gasteiger partial charge in [0.2, 0.25) is 0 Å². The summed E-state index contributed by atoms with van der Waals surface area (Å²) >= 11 is 1.51. The minimum atomic E-state index is -0.163. The molecule has 0 fully saturated rings. The minimum Gasteiger partial charge on any atom is -0.313 e. The molecular weight excluding hydrogens is 260 g/mol. The Morgan fingerprint density at radius 3 is 2.89 bits per heavy atom. The highest BCUT2D eigenvalue weighted by atomic mass is 32.2. The first kappa shape index (κ1) is 13.9. The molecule has 1 unspecified atom stereocenters. The molecule has 6 heteroatoms. The SMILES string of the molecule is CCn1c(Sc2ccccc2C(C)NC)n[nH]c1=O. The maximum atomic E-state index is 11.6. The van der Waals surface area contributed by atoms with Crippen molar-refractivity contribution >= 4 is 11.8 Å². The second-order valence-corrected chi connectivity index (χ2v) is 5.21. The van der Waals surface area contributed by atoms with Crippen molar-refractivity contribution in [2.45, 2.75) is 36.5 Å². The van der Waals surface area contributed by atoms with Crippen molar-refractivity contribution in [3.63, 3.8) is 0 Å². The Morgan fingerprint density at radius 1 is 1.47 bits per heavy atom. The van der Waals surface area contributed by atoms with Crippen LogP contribution < -0.4 is 11.0 Å². The van der Waals surface area contributed by atoms with Gasteiger partial charge in [-0.1, -0.05) is 18.2 Å². The lowest BCUT2D eigenvalue weighted by atomic mass is 10.1. The van der Waals surface area contributed by atoms with Crippen LogP contribution in [0.3, 0.4) is 0 Å². The second-order valence-electron chi connectivity index (χ2n) is 4.21. The molecule has 102 valence electrons. The molecule has 0 aliphatic heterocycles. The van der Waals surface area contributed by atoms with Crippen LogP contribution in [-0.4, -0.2) is 21.8 Å². The molecule has 1 aromatic heterocycles. The molecule has 19 heavy (non-hydrogen) atoms. The van der Waals surface area contributed by atoms with E-state index in [4.69, 9.17) is 0 Å². The molecule has 1 heterocycles. The number of rotatable bonds is 5. The first-order chi connectivity index (χ1) is 9.17. The topological polar surface area (TPSA) is 62.7 Å². The van der Waals surface area contributed by atoms with Gasteiger partial charge in [-0.2, -0.15) is 0 Å². The average molecular weight is 278 g/mol. The highest BCUT2D eigenvalue weighted by Gasteiger charge is 2.13. The summed E-state index contributed by atoms with van der Waals surface area (Å²) in [5.74, 6) is 0. The van der Waals surface area contributed by atoms with Crippen LogP contribution in [0.1, 0.15) is 25.5 Å². The molecule has 0 radical (unpaired) electrons. The molecule has 5 nitrogen and oxygen atoms in total. The number of hydrogen-bond acceptors (Lipinski definition) is 4. The van der Waals surface area contributed by atoms with Gasteiger partial charge in [0.25, 0.3) is 0 Å². The Kier molecular flexibility index (Phi) is 4.44. The van der Waals surface area contributed by atoms with Gasteiger partial charge in [-0.15, -0.1) is 5.10 Å². The lowest BCUT2D eigenvalue weighted by molar-refractivity contribution is 0.639. The first-order valence-corrected chi connectivity index (χ1v) is 7.08. The van der Waals surface area contributed by atoms with Gasteiger partial charge in [0, 0.05) is 17.5 Å². The third-order valence-electron chi connectivity index (χ3n) is 3.06. The first-order valence-electron chi connectivity index (χ1n) is 6.26. The highest BCUT2D eigenvalue weighted by Crippen LogP contribution is 2.31. The lowest BCUT2D eigenvalue weighted by Crippen LogP contribution is -2.16. The number of nitrogens with one attached hydrogen (secondary N) is 2. The Balaban J connectivity index is 2.35. The van der Waals surface area contributed by atoms with E-state index in [0.717, 1.165) is 4.90 Å². The van der Waals surface area contributed by atoms with Gasteiger partial charge in [0.1, 0.15) is 0 Å². The molecule has 2 rings (SSSR count). The Morgan fingerprint density at radius 2 is 2.21 bits per heavy atom. The van der Waals surface area contributed by atoms with E-state index in [-0.39, 0.29) is 11.7 Å². The van der Waals surface area contributed by atoms with Gasteiger partial charge < -0.3 is 5.32 Å². The molecule has 0 spiro atoms. The minimum absolute atomic E-state index is 0.163. The summed E-state index contributed by atoms with van der Waals surface area (Å²) < 4.78 is 1.63. The van der Waals surface area contributed by atoms with Crippen molar-refractivity contribution in [1.29, 1.82) is 0 Å². The van der Waals surface area contributed by atoms with Crippen molar-refractivity contribution in [2.24, 2.45) is 0 Å². The van der Waals surface area contributed by atoms with E-state index >= 15 is 0 Å². The number of hydrogen-bond donors (Lipinski definition) is 2. The Bertz CT molecular complexity index is 605. The van der Waals surface area contributed by atoms with Gasteiger partial charge in [0.15, 0.2) is 5.16 Å². The van der Waals surface area contributed by atoms with Crippen LogP contribution in [0, 0.1) is 0 Å². The third kappa shape index (κ3) is 2.90. The standard InChI is InChI=1S/C13H18N4OS/c1-4-17-12(18)15-16-13(17)19-11-8-6-5-7-10(11)9(2)14-3/h5-9,14H,4H2,1-3H3,(H,15,18). The predicted molar refractivity (Wildman–Crippen MR) is 76.6 cm³/mol. The molecule has 2 aromatic rings. The molecule has 1 atom stereocenters. The number of aromatic nitrogens is 3. The predicted octanol–water partition coefficient (Wildman–Crippen LogP) is 2.02. The molecule has 0 saturated heterocycles. The van der Waals surface area contributed by atoms with E-state index < -0.39 is 0 Å². The smallest absolute Gasteiger partial charge is 0.313 e. The van der Waals surface area contributed by atoms with Gasteiger partial charge in [-0.05, 0) is 44.3 Å². The zero-order valence-corrected chi connectivity index (χ0v) is 12.1. The largest absolute Gasteiger partial charge is 0.343 e. The summed E-state index contributed by atoms with van der Waals surface area (Å²) in [6.07, 6.45) is 0. The summed E-state index contributed by atoms with van der Waals surface area (Å²) in [7, 11) is 1.93. The van der Waals surface area contributed by atoms with E-state index in [0.29, 0.717) is 11.7 Å². The van der Waals surface area contributed by atoms with E-state index in [2.05, 4.69) is 28.5 Å². The molecule has 0 bridgehead atoms. The monoisotopic (exact) mass is 278 g/mol.